The SMILES string of the molecule is COC(=O)c1ccc2c(C(=Nc3ccc(C(=O)NCCN)cc3)c3ccccc3)c(O)[nH]c2c1. The molecule has 1 aromatic heterocycles. The van der Waals surface area contributed by atoms with Crippen molar-refractivity contribution >= 4 is 34.2 Å². The molecule has 172 valence electrons. The molecule has 8 nitrogen and oxygen atoms in total. The van der Waals surface area contributed by atoms with E-state index in [1.165, 1.54) is 7.11 Å². The zero-order valence-electron chi connectivity index (χ0n) is 18.5. The molecule has 0 radical (unpaired) electrons. The van der Waals surface area contributed by atoms with Crippen LogP contribution in [-0.4, -0.2) is 47.9 Å². The number of hydrogen-bond acceptors (Lipinski definition) is 6. The van der Waals surface area contributed by atoms with Crippen molar-refractivity contribution in [1.82, 2.24) is 10.3 Å². The zero-order chi connectivity index (χ0) is 24.1. The standard InChI is InChI=1S/C26H24N4O4/c1-34-26(33)18-9-12-20-21(15-18)30-25(32)22(20)23(16-5-3-2-4-6-16)29-19-10-7-17(8-11-19)24(31)28-14-13-27/h2-12,15,30,32H,13-14,27H2,1H3,(H,28,31). The van der Waals surface area contributed by atoms with Gasteiger partial charge >= 0.3 is 5.97 Å². The number of nitrogens with zero attached hydrogens (tertiary/aromatic N) is 1. The van der Waals surface area contributed by atoms with E-state index in [2.05, 4.69) is 10.3 Å². The Morgan fingerprint density at radius 2 is 1.71 bits per heavy atom. The average Bonchev–Trinajstić information content (AvgIpc) is 3.20. The van der Waals surface area contributed by atoms with E-state index in [-0.39, 0.29) is 11.8 Å². The van der Waals surface area contributed by atoms with Crippen molar-refractivity contribution < 1.29 is 19.4 Å². The molecular formula is C26H24N4O4. The Labute approximate surface area is 196 Å². The van der Waals surface area contributed by atoms with Crippen LogP contribution in [0.3, 0.4) is 0 Å². The number of amides is 1. The lowest BCUT2D eigenvalue weighted by molar-refractivity contribution is 0.0600. The Morgan fingerprint density at radius 1 is 1.00 bits per heavy atom. The molecule has 5 N–H and O–H groups in total. The summed E-state index contributed by atoms with van der Waals surface area (Å²) in [6, 6.07) is 21.3. The molecule has 1 amide bonds. The van der Waals surface area contributed by atoms with Crippen LogP contribution in [0.15, 0.2) is 77.8 Å². The van der Waals surface area contributed by atoms with Crippen molar-refractivity contribution in [3.05, 3.63) is 95.1 Å². The maximum Gasteiger partial charge on any atom is 0.337 e. The second-order valence-corrected chi connectivity index (χ2v) is 7.52. The number of nitrogens with two attached hydrogens (primary N) is 1. The first-order chi connectivity index (χ1) is 16.5. The van der Waals surface area contributed by atoms with Gasteiger partial charge in [-0.2, -0.15) is 0 Å². The van der Waals surface area contributed by atoms with Crippen LogP contribution in [0.2, 0.25) is 0 Å². The quantitative estimate of drug-likeness (QED) is 0.250. The van der Waals surface area contributed by atoms with Crippen molar-refractivity contribution in [1.29, 1.82) is 0 Å². The van der Waals surface area contributed by atoms with Crippen LogP contribution in [0.1, 0.15) is 31.8 Å². The molecule has 3 aromatic carbocycles. The number of methoxy groups -OCH3 is 1. The molecule has 0 aliphatic rings. The molecule has 0 fully saturated rings. The Morgan fingerprint density at radius 3 is 2.38 bits per heavy atom. The van der Waals surface area contributed by atoms with Gasteiger partial charge in [0, 0.05) is 35.1 Å². The maximum absolute atomic E-state index is 12.2. The molecule has 1 heterocycles. The van der Waals surface area contributed by atoms with E-state index in [0.717, 1.165) is 5.56 Å². The maximum atomic E-state index is 12.2. The van der Waals surface area contributed by atoms with Gasteiger partial charge in [-0.3, -0.25) is 4.79 Å². The monoisotopic (exact) mass is 456 g/mol. The minimum Gasteiger partial charge on any atom is -0.494 e. The van der Waals surface area contributed by atoms with Gasteiger partial charge in [0.25, 0.3) is 5.91 Å². The van der Waals surface area contributed by atoms with Gasteiger partial charge < -0.3 is 25.9 Å². The lowest BCUT2D eigenvalue weighted by Crippen LogP contribution is -2.28. The smallest absolute Gasteiger partial charge is 0.337 e. The number of ether oxygens (including phenoxy) is 1. The van der Waals surface area contributed by atoms with Crippen LogP contribution < -0.4 is 11.1 Å². The lowest BCUT2D eigenvalue weighted by atomic mass is 10.00. The Hall–Kier alpha value is -4.43. The largest absolute Gasteiger partial charge is 0.494 e. The molecule has 0 aliphatic heterocycles. The lowest BCUT2D eigenvalue weighted by Gasteiger charge is -2.09. The summed E-state index contributed by atoms with van der Waals surface area (Å²) in [5.74, 6) is -0.748. The van der Waals surface area contributed by atoms with E-state index >= 15 is 0 Å². The number of esters is 1. The van der Waals surface area contributed by atoms with Crippen molar-refractivity contribution in [2.75, 3.05) is 20.2 Å². The number of H-pyrrole nitrogens is 1. The molecule has 0 atom stereocenters. The van der Waals surface area contributed by atoms with Gasteiger partial charge in [-0.25, -0.2) is 9.79 Å². The third-order valence-corrected chi connectivity index (χ3v) is 5.28. The number of aromatic hydroxyl groups is 1. The molecule has 0 saturated heterocycles. The molecule has 34 heavy (non-hydrogen) atoms. The first-order valence-corrected chi connectivity index (χ1v) is 10.7. The van der Waals surface area contributed by atoms with E-state index in [1.54, 1.807) is 42.5 Å². The minimum absolute atomic E-state index is 0.0719. The number of aromatic nitrogens is 1. The number of carbonyl (C=O) groups is 2. The van der Waals surface area contributed by atoms with Crippen molar-refractivity contribution in [2.24, 2.45) is 10.7 Å². The van der Waals surface area contributed by atoms with E-state index in [1.807, 2.05) is 30.3 Å². The molecule has 8 heteroatoms. The number of nitrogens with one attached hydrogen (secondary N) is 2. The predicted molar refractivity (Wildman–Crippen MR) is 131 cm³/mol. The fourth-order valence-electron chi connectivity index (χ4n) is 3.63. The highest BCUT2D eigenvalue weighted by Gasteiger charge is 2.20. The molecular weight excluding hydrogens is 432 g/mol. The van der Waals surface area contributed by atoms with Crippen molar-refractivity contribution in [3.8, 4) is 5.88 Å². The van der Waals surface area contributed by atoms with Gasteiger partial charge in [-0.1, -0.05) is 36.4 Å². The predicted octanol–water partition coefficient (Wildman–Crippen LogP) is 3.52. The molecule has 4 aromatic rings. The van der Waals surface area contributed by atoms with Gasteiger partial charge in [-0.15, -0.1) is 0 Å². The highest BCUT2D eigenvalue weighted by Crippen LogP contribution is 2.32. The number of aromatic amines is 1. The number of hydrogen-bond donors (Lipinski definition) is 4. The summed E-state index contributed by atoms with van der Waals surface area (Å²) in [5.41, 5.74) is 9.32. The van der Waals surface area contributed by atoms with E-state index < -0.39 is 5.97 Å². The number of benzene rings is 3. The second kappa shape index (κ2) is 10.0. The second-order valence-electron chi connectivity index (χ2n) is 7.52. The topological polar surface area (TPSA) is 130 Å². The van der Waals surface area contributed by atoms with E-state index in [4.69, 9.17) is 15.5 Å². The van der Waals surface area contributed by atoms with Crippen LogP contribution >= 0.6 is 0 Å². The highest BCUT2D eigenvalue weighted by molar-refractivity contribution is 6.22. The molecule has 0 unspecified atom stereocenters. The first kappa shape index (κ1) is 22.8. The summed E-state index contributed by atoms with van der Waals surface area (Å²) >= 11 is 0. The molecule has 0 bridgehead atoms. The molecule has 4 rings (SSSR count). The van der Waals surface area contributed by atoms with E-state index in [0.29, 0.717) is 52.1 Å². The molecule has 0 saturated carbocycles. The normalized spacial score (nSPS) is 11.4. The summed E-state index contributed by atoms with van der Waals surface area (Å²) < 4.78 is 4.79. The number of carbonyl (C=O) groups excluding carboxylic acids is 2. The number of rotatable bonds is 7. The Bertz CT molecular complexity index is 1360. The Kier molecular flexibility index (Phi) is 6.70. The van der Waals surface area contributed by atoms with Gasteiger partial charge in [0.15, 0.2) is 5.88 Å². The number of fused-ring (bicyclic) bond motifs is 1. The Balaban J connectivity index is 1.80. The third kappa shape index (κ3) is 4.67. The van der Waals surface area contributed by atoms with Crippen molar-refractivity contribution in [3.63, 3.8) is 0 Å². The number of aliphatic imine (C=N–C) groups is 1. The first-order valence-electron chi connectivity index (χ1n) is 10.7. The summed E-state index contributed by atoms with van der Waals surface area (Å²) in [5, 5.41) is 14.2. The summed E-state index contributed by atoms with van der Waals surface area (Å²) in [7, 11) is 1.32. The van der Waals surface area contributed by atoms with Crippen LogP contribution in [0.5, 0.6) is 5.88 Å². The van der Waals surface area contributed by atoms with Gasteiger partial charge in [0.1, 0.15) is 0 Å². The molecule has 0 aliphatic carbocycles. The van der Waals surface area contributed by atoms with Gasteiger partial charge in [0.2, 0.25) is 0 Å². The van der Waals surface area contributed by atoms with Crippen LogP contribution in [0, 0.1) is 0 Å². The van der Waals surface area contributed by atoms with Crippen LogP contribution in [0.4, 0.5) is 5.69 Å². The molecule has 0 spiro atoms. The summed E-state index contributed by atoms with van der Waals surface area (Å²) in [4.78, 5) is 31.8. The summed E-state index contributed by atoms with van der Waals surface area (Å²) in [6.45, 7) is 0.762. The average molecular weight is 457 g/mol. The van der Waals surface area contributed by atoms with Crippen LogP contribution in [0.25, 0.3) is 10.9 Å². The highest BCUT2D eigenvalue weighted by atomic mass is 16.5. The van der Waals surface area contributed by atoms with Crippen molar-refractivity contribution in [2.45, 2.75) is 0 Å². The fraction of sp³-hybridized carbons (Fsp3) is 0.115. The third-order valence-electron chi connectivity index (χ3n) is 5.28. The fourth-order valence-corrected chi connectivity index (χ4v) is 3.63. The van der Waals surface area contributed by atoms with Gasteiger partial charge in [-0.05, 0) is 36.4 Å². The van der Waals surface area contributed by atoms with E-state index in [9.17, 15) is 14.7 Å². The summed E-state index contributed by atoms with van der Waals surface area (Å²) in [6.07, 6.45) is 0. The minimum atomic E-state index is -0.468. The zero-order valence-corrected chi connectivity index (χ0v) is 18.5. The van der Waals surface area contributed by atoms with Gasteiger partial charge in [0.05, 0.1) is 29.6 Å². The van der Waals surface area contributed by atoms with Crippen LogP contribution in [-0.2, 0) is 4.74 Å².